The van der Waals surface area contributed by atoms with Gasteiger partial charge in [0.2, 0.25) is 0 Å². The molecule has 0 atom stereocenters. The Labute approximate surface area is 89.9 Å². The molecule has 0 radical (unpaired) electrons. The lowest BCUT2D eigenvalue weighted by Crippen LogP contribution is -2.14. The summed E-state index contributed by atoms with van der Waals surface area (Å²) in [7, 11) is 0. The summed E-state index contributed by atoms with van der Waals surface area (Å²) < 4.78 is 0. The van der Waals surface area contributed by atoms with Crippen LogP contribution in [0.25, 0.3) is 0 Å². The van der Waals surface area contributed by atoms with Gasteiger partial charge in [-0.25, -0.2) is 4.79 Å². The van der Waals surface area contributed by atoms with Gasteiger partial charge in [0.25, 0.3) is 0 Å². The van der Waals surface area contributed by atoms with E-state index in [1.165, 1.54) is 24.8 Å². The Morgan fingerprint density at radius 1 is 1.47 bits per heavy atom. The van der Waals surface area contributed by atoms with Crippen LogP contribution < -0.4 is 0 Å². The van der Waals surface area contributed by atoms with Crippen molar-refractivity contribution >= 4 is 5.97 Å². The first-order chi connectivity index (χ1) is 7.16. The monoisotopic (exact) mass is 204 g/mol. The van der Waals surface area contributed by atoms with E-state index in [-0.39, 0.29) is 0 Å². The molecule has 0 spiro atoms. The molecular formula is C13H16O2. The average molecular weight is 204 g/mol. The largest absolute Gasteiger partial charge is 0.478 e. The quantitative estimate of drug-likeness (QED) is 0.821. The summed E-state index contributed by atoms with van der Waals surface area (Å²) in [6, 6.07) is 5.70. The fraction of sp³-hybridized carbons (Fsp3) is 0.462. The van der Waals surface area contributed by atoms with E-state index in [2.05, 4.69) is 0 Å². The number of aryl methyl sites for hydroxylation is 1. The Kier molecular flexibility index (Phi) is 2.76. The highest BCUT2D eigenvalue weighted by molar-refractivity contribution is 5.89. The Morgan fingerprint density at radius 2 is 2.20 bits per heavy atom. The highest BCUT2D eigenvalue weighted by Gasteiger charge is 2.18. The van der Waals surface area contributed by atoms with Crippen molar-refractivity contribution in [3.63, 3.8) is 0 Å². The van der Waals surface area contributed by atoms with E-state index in [9.17, 15) is 4.79 Å². The van der Waals surface area contributed by atoms with Gasteiger partial charge in [0, 0.05) is 0 Å². The molecular weight excluding hydrogens is 188 g/mol. The van der Waals surface area contributed by atoms with E-state index < -0.39 is 5.97 Å². The van der Waals surface area contributed by atoms with Crippen LogP contribution in [0.4, 0.5) is 0 Å². The van der Waals surface area contributed by atoms with Crippen molar-refractivity contribution in [2.24, 2.45) is 5.92 Å². The van der Waals surface area contributed by atoms with Gasteiger partial charge in [0.15, 0.2) is 0 Å². The van der Waals surface area contributed by atoms with E-state index in [0.29, 0.717) is 5.56 Å². The number of aromatic carboxylic acids is 1. The Bertz CT molecular complexity index is 378. The van der Waals surface area contributed by atoms with Crippen molar-refractivity contribution in [3.05, 3.63) is 34.9 Å². The lowest BCUT2D eigenvalue weighted by molar-refractivity contribution is 0.0696. The van der Waals surface area contributed by atoms with Crippen molar-refractivity contribution < 1.29 is 9.90 Å². The lowest BCUT2D eigenvalue weighted by Gasteiger charge is -2.25. The van der Waals surface area contributed by atoms with Gasteiger partial charge in [0.05, 0.1) is 5.56 Å². The number of rotatable bonds is 3. The predicted molar refractivity (Wildman–Crippen MR) is 59.2 cm³/mol. The van der Waals surface area contributed by atoms with Gasteiger partial charge in [-0.2, -0.15) is 0 Å². The third-order valence-corrected chi connectivity index (χ3v) is 3.27. The summed E-state index contributed by atoms with van der Waals surface area (Å²) in [5.74, 6) is 0.00257. The minimum absolute atomic E-state index is 0.423. The number of carboxylic acids is 1. The molecule has 1 aliphatic carbocycles. The Hall–Kier alpha value is -1.31. The summed E-state index contributed by atoms with van der Waals surface area (Å²) in [5, 5.41) is 8.90. The van der Waals surface area contributed by atoms with Gasteiger partial charge >= 0.3 is 5.97 Å². The second kappa shape index (κ2) is 4.05. The molecule has 1 aromatic carbocycles. The van der Waals surface area contributed by atoms with Gasteiger partial charge in [-0.15, -0.1) is 0 Å². The van der Waals surface area contributed by atoms with Crippen LogP contribution in [0.2, 0.25) is 0 Å². The Morgan fingerprint density at radius 3 is 2.67 bits per heavy atom. The third kappa shape index (κ3) is 2.20. The first-order valence-corrected chi connectivity index (χ1v) is 5.49. The van der Waals surface area contributed by atoms with E-state index in [0.717, 1.165) is 17.9 Å². The van der Waals surface area contributed by atoms with Crippen LogP contribution in [0.5, 0.6) is 0 Å². The summed E-state index contributed by atoms with van der Waals surface area (Å²) in [6.07, 6.45) is 5.14. The maximum atomic E-state index is 10.8. The summed E-state index contributed by atoms with van der Waals surface area (Å²) in [4.78, 5) is 10.8. The molecule has 0 heterocycles. The number of hydrogen-bond donors (Lipinski definition) is 1. The fourth-order valence-electron chi connectivity index (χ4n) is 2.12. The molecule has 15 heavy (non-hydrogen) atoms. The van der Waals surface area contributed by atoms with Crippen molar-refractivity contribution in [2.45, 2.75) is 32.6 Å². The zero-order chi connectivity index (χ0) is 10.8. The van der Waals surface area contributed by atoms with Crippen LogP contribution in [-0.4, -0.2) is 11.1 Å². The average Bonchev–Trinajstić information content (AvgIpc) is 2.11. The smallest absolute Gasteiger partial charge is 0.335 e. The summed E-state index contributed by atoms with van der Waals surface area (Å²) >= 11 is 0. The van der Waals surface area contributed by atoms with Crippen LogP contribution in [-0.2, 0) is 6.42 Å². The van der Waals surface area contributed by atoms with Crippen LogP contribution in [0.1, 0.15) is 40.7 Å². The number of carboxylic acid groups (broad SMARTS) is 1. The molecule has 0 amide bonds. The van der Waals surface area contributed by atoms with Crippen LogP contribution in [0, 0.1) is 12.8 Å². The zero-order valence-corrected chi connectivity index (χ0v) is 8.99. The van der Waals surface area contributed by atoms with Gasteiger partial charge in [-0.3, -0.25) is 0 Å². The van der Waals surface area contributed by atoms with Crippen molar-refractivity contribution in [2.75, 3.05) is 0 Å². The van der Waals surface area contributed by atoms with Gasteiger partial charge in [0.1, 0.15) is 0 Å². The van der Waals surface area contributed by atoms with Crippen LogP contribution in [0.15, 0.2) is 18.2 Å². The normalized spacial score (nSPS) is 16.1. The highest BCUT2D eigenvalue weighted by atomic mass is 16.4. The summed E-state index contributed by atoms with van der Waals surface area (Å²) in [5.41, 5.74) is 2.58. The third-order valence-electron chi connectivity index (χ3n) is 3.27. The predicted octanol–water partition coefficient (Wildman–Crippen LogP) is 3.04. The van der Waals surface area contributed by atoms with E-state index in [4.69, 9.17) is 5.11 Å². The van der Waals surface area contributed by atoms with Crippen molar-refractivity contribution in [1.82, 2.24) is 0 Å². The molecule has 1 fully saturated rings. The fourth-order valence-corrected chi connectivity index (χ4v) is 2.12. The molecule has 1 saturated carbocycles. The zero-order valence-electron chi connectivity index (χ0n) is 8.99. The van der Waals surface area contributed by atoms with E-state index in [1.54, 1.807) is 6.07 Å². The molecule has 1 N–H and O–H groups in total. The van der Waals surface area contributed by atoms with Crippen LogP contribution >= 0.6 is 0 Å². The van der Waals surface area contributed by atoms with Gasteiger partial charge in [-0.05, 0) is 36.5 Å². The molecule has 1 aliphatic rings. The SMILES string of the molecule is Cc1cc(CC2CCC2)ccc1C(=O)O. The topological polar surface area (TPSA) is 37.3 Å². The standard InChI is InChI=1S/C13H16O2/c1-9-7-11(8-10-3-2-4-10)5-6-12(9)13(14)15/h5-7,10H,2-4,8H2,1H3,(H,14,15). The molecule has 2 nitrogen and oxygen atoms in total. The minimum Gasteiger partial charge on any atom is -0.478 e. The molecule has 0 bridgehead atoms. The molecule has 0 aromatic heterocycles. The molecule has 80 valence electrons. The maximum Gasteiger partial charge on any atom is 0.335 e. The highest BCUT2D eigenvalue weighted by Crippen LogP contribution is 2.30. The van der Waals surface area contributed by atoms with E-state index in [1.807, 2.05) is 19.1 Å². The van der Waals surface area contributed by atoms with E-state index >= 15 is 0 Å². The first kappa shape index (κ1) is 10.2. The first-order valence-electron chi connectivity index (χ1n) is 5.49. The second-order valence-electron chi connectivity index (χ2n) is 4.46. The molecule has 0 aliphatic heterocycles. The van der Waals surface area contributed by atoms with Gasteiger partial charge in [-0.1, -0.05) is 31.4 Å². The molecule has 0 unspecified atom stereocenters. The molecule has 2 rings (SSSR count). The lowest BCUT2D eigenvalue weighted by atomic mass is 9.80. The number of carbonyl (C=O) groups is 1. The molecule has 0 saturated heterocycles. The Balaban J connectivity index is 2.13. The van der Waals surface area contributed by atoms with Gasteiger partial charge < -0.3 is 5.11 Å². The maximum absolute atomic E-state index is 10.8. The molecule has 2 heteroatoms. The second-order valence-corrected chi connectivity index (χ2v) is 4.46. The number of benzene rings is 1. The molecule has 1 aromatic rings. The van der Waals surface area contributed by atoms with Crippen molar-refractivity contribution in [1.29, 1.82) is 0 Å². The minimum atomic E-state index is -0.831. The van der Waals surface area contributed by atoms with Crippen molar-refractivity contribution in [3.8, 4) is 0 Å². The van der Waals surface area contributed by atoms with Crippen LogP contribution in [0.3, 0.4) is 0 Å². The summed E-state index contributed by atoms with van der Waals surface area (Å²) in [6.45, 7) is 1.87. The number of hydrogen-bond acceptors (Lipinski definition) is 1.